The first-order chi connectivity index (χ1) is 4.74. The number of ether oxygens (including phenoxy) is 1. The van der Waals surface area contributed by atoms with Crippen molar-refractivity contribution < 1.29 is 20.1 Å². The van der Waals surface area contributed by atoms with E-state index in [2.05, 4.69) is 0 Å². The Labute approximate surface area is 60.1 Å². The van der Waals surface area contributed by atoms with Crippen molar-refractivity contribution >= 4 is 0 Å². The predicted molar refractivity (Wildman–Crippen MR) is 35.6 cm³/mol. The number of hydrogen-bond acceptors (Lipinski definition) is 4. The van der Waals surface area contributed by atoms with Gasteiger partial charge in [0.2, 0.25) is 0 Å². The maximum absolute atomic E-state index is 8.66. The van der Waals surface area contributed by atoms with Crippen molar-refractivity contribution in [1.82, 2.24) is 0 Å². The SMILES string of the molecule is CCOC(CO)(CO)CO. The highest BCUT2D eigenvalue weighted by atomic mass is 16.5. The van der Waals surface area contributed by atoms with Gasteiger partial charge in [0.1, 0.15) is 5.60 Å². The third kappa shape index (κ3) is 2.22. The van der Waals surface area contributed by atoms with Crippen LogP contribution in [0.1, 0.15) is 6.92 Å². The second kappa shape index (κ2) is 4.62. The zero-order valence-electron chi connectivity index (χ0n) is 6.08. The first-order valence-electron chi connectivity index (χ1n) is 3.21. The lowest BCUT2D eigenvalue weighted by atomic mass is 10.1. The minimum atomic E-state index is -1.16. The molecule has 0 fully saturated rings. The average molecular weight is 150 g/mol. The lowest BCUT2D eigenvalue weighted by molar-refractivity contribution is -0.129. The Balaban J connectivity index is 3.87. The Bertz CT molecular complexity index is 71.6. The van der Waals surface area contributed by atoms with E-state index in [-0.39, 0.29) is 19.8 Å². The van der Waals surface area contributed by atoms with Crippen molar-refractivity contribution in [2.45, 2.75) is 12.5 Å². The van der Waals surface area contributed by atoms with E-state index in [1.807, 2.05) is 0 Å². The van der Waals surface area contributed by atoms with Gasteiger partial charge in [-0.3, -0.25) is 0 Å². The highest BCUT2D eigenvalue weighted by Crippen LogP contribution is 2.07. The van der Waals surface area contributed by atoms with Crippen molar-refractivity contribution in [3.63, 3.8) is 0 Å². The maximum atomic E-state index is 8.66. The summed E-state index contributed by atoms with van der Waals surface area (Å²) in [6, 6.07) is 0. The van der Waals surface area contributed by atoms with Crippen LogP contribution in [0.25, 0.3) is 0 Å². The third-order valence-corrected chi connectivity index (χ3v) is 1.31. The Kier molecular flexibility index (Phi) is 4.55. The molecule has 0 aromatic carbocycles. The van der Waals surface area contributed by atoms with Crippen LogP contribution in [0, 0.1) is 0 Å². The van der Waals surface area contributed by atoms with Crippen molar-refractivity contribution in [3.05, 3.63) is 0 Å². The maximum Gasteiger partial charge on any atom is 0.137 e. The standard InChI is InChI=1S/C6H14O4/c1-2-10-6(3-7,4-8)5-9/h7-9H,2-5H2,1H3. The molecule has 62 valence electrons. The molecule has 0 atom stereocenters. The molecule has 0 aliphatic heterocycles. The van der Waals surface area contributed by atoms with Crippen molar-refractivity contribution in [2.75, 3.05) is 26.4 Å². The second-order valence-electron chi connectivity index (χ2n) is 2.09. The molecular formula is C6H14O4. The quantitative estimate of drug-likeness (QED) is 0.457. The van der Waals surface area contributed by atoms with Crippen LogP contribution in [0.4, 0.5) is 0 Å². The van der Waals surface area contributed by atoms with E-state index in [4.69, 9.17) is 20.1 Å². The van der Waals surface area contributed by atoms with Gasteiger partial charge < -0.3 is 20.1 Å². The molecule has 0 rings (SSSR count). The Morgan fingerprint density at radius 2 is 1.50 bits per heavy atom. The Hall–Kier alpha value is -0.160. The van der Waals surface area contributed by atoms with Crippen molar-refractivity contribution in [1.29, 1.82) is 0 Å². The largest absolute Gasteiger partial charge is 0.393 e. The van der Waals surface area contributed by atoms with E-state index in [1.165, 1.54) is 0 Å². The summed E-state index contributed by atoms with van der Waals surface area (Å²) in [5.41, 5.74) is -1.16. The fourth-order valence-corrected chi connectivity index (χ4v) is 0.593. The van der Waals surface area contributed by atoms with Crippen LogP contribution in [0.2, 0.25) is 0 Å². The zero-order valence-corrected chi connectivity index (χ0v) is 6.08. The van der Waals surface area contributed by atoms with Crippen LogP contribution < -0.4 is 0 Å². The van der Waals surface area contributed by atoms with Crippen LogP contribution in [-0.2, 0) is 4.74 Å². The summed E-state index contributed by atoms with van der Waals surface area (Å²) < 4.78 is 4.93. The van der Waals surface area contributed by atoms with Crippen LogP contribution in [-0.4, -0.2) is 47.3 Å². The fraction of sp³-hybridized carbons (Fsp3) is 1.00. The molecule has 10 heavy (non-hydrogen) atoms. The molecule has 0 heterocycles. The molecule has 0 radical (unpaired) electrons. The van der Waals surface area contributed by atoms with Crippen molar-refractivity contribution in [3.8, 4) is 0 Å². The van der Waals surface area contributed by atoms with Gasteiger partial charge in [-0.25, -0.2) is 0 Å². The highest BCUT2D eigenvalue weighted by molar-refractivity contribution is 4.77. The zero-order chi connectivity index (χ0) is 8.04. The normalized spacial score (nSPS) is 12.0. The summed E-state index contributed by atoms with van der Waals surface area (Å²) in [4.78, 5) is 0. The summed E-state index contributed by atoms with van der Waals surface area (Å²) in [5, 5.41) is 26.0. The molecule has 3 N–H and O–H groups in total. The van der Waals surface area contributed by atoms with E-state index in [1.54, 1.807) is 6.92 Å². The molecule has 4 nitrogen and oxygen atoms in total. The van der Waals surface area contributed by atoms with E-state index in [0.29, 0.717) is 6.61 Å². The van der Waals surface area contributed by atoms with Gasteiger partial charge in [0, 0.05) is 6.61 Å². The first kappa shape index (κ1) is 9.84. The summed E-state index contributed by atoms with van der Waals surface area (Å²) in [7, 11) is 0. The molecule has 4 heteroatoms. The second-order valence-corrected chi connectivity index (χ2v) is 2.09. The van der Waals surface area contributed by atoms with Gasteiger partial charge in [-0.05, 0) is 6.92 Å². The van der Waals surface area contributed by atoms with Crippen LogP contribution >= 0.6 is 0 Å². The van der Waals surface area contributed by atoms with Gasteiger partial charge >= 0.3 is 0 Å². The number of aliphatic hydroxyl groups excluding tert-OH is 3. The van der Waals surface area contributed by atoms with Crippen molar-refractivity contribution in [2.24, 2.45) is 0 Å². The molecule has 0 aliphatic rings. The van der Waals surface area contributed by atoms with Gasteiger partial charge in [-0.15, -0.1) is 0 Å². The molecule has 0 aromatic rings. The van der Waals surface area contributed by atoms with Crippen LogP contribution in [0.5, 0.6) is 0 Å². The van der Waals surface area contributed by atoms with Gasteiger partial charge in [0.15, 0.2) is 0 Å². The lowest BCUT2D eigenvalue weighted by Gasteiger charge is -2.26. The Morgan fingerprint density at radius 3 is 1.60 bits per heavy atom. The van der Waals surface area contributed by atoms with Gasteiger partial charge in [-0.2, -0.15) is 0 Å². The van der Waals surface area contributed by atoms with Gasteiger partial charge in [0.05, 0.1) is 19.8 Å². The topological polar surface area (TPSA) is 69.9 Å². The minimum absolute atomic E-state index is 0.363. The molecule has 0 saturated heterocycles. The first-order valence-corrected chi connectivity index (χ1v) is 3.21. The summed E-state index contributed by atoms with van der Waals surface area (Å²) in [6.07, 6.45) is 0. The summed E-state index contributed by atoms with van der Waals surface area (Å²) in [5.74, 6) is 0. The monoisotopic (exact) mass is 150 g/mol. The smallest absolute Gasteiger partial charge is 0.137 e. The molecule has 0 aromatic heterocycles. The van der Waals surface area contributed by atoms with E-state index >= 15 is 0 Å². The number of hydrogen-bond donors (Lipinski definition) is 3. The van der Waals surface area contributed by atoms with E-state index in [9.17, 15) is 0 Å². The highest BCUT2D eigenvalue weighted by Gasteiger charge is 2.27. The van der Waals surface area contributed by atoms with E-state index in [0.717, 1.165) is 0 Å². The third-order valence-electron chi connectivity index (χ3n) is 1.31. The summed E-state index contributed by atoms with van der Waals surface area (Å²) >= 11 is 0. The molecule has 0 unspecified atom stereocenters. The number of rotatable bonds is 5. The Morgan fingerprint density at radius 1 is 1.10 bits per heavy atom. The fourth-order valence-electron chi connectivity index (χ4n) is 0.593. The lowest BCUT2D eigenvalue weighted by Crippen LogP contribution is -2.44. The van der Waals surface area contributed by atoms with Gasteiger partial charge in [0.25, 0.3) is 0 Å². The minimum Gasteiger partial charge on any atom is -0.393 e. The van der Waals surface area contributed by atoms with Crippen LogP contribution in [0.15, 0.2) is 0 Å². The van der Waals surface area contributed by atoms with Gasteiger partial charge in [-0.1, -0.05) is 0 Å². The average Bonchev–Trinajstić information content (AvgIpc) is 2.01. The predicted octanol–water partition coefficient (Wildman–Crippen LogP) is -1.26. The summed E-state index contributed by atoms with van der Waals surface area (Å²) in [6.45, 7) is 0.993. The molecule has 0 aliphatic carbocycles. The molecule has 0 saturated carbocycles. The molecule has 0 bridgehead atoms. The van der Waals surface area contributed by atoms with E-state index < -0.39 is 5.60 Å². The molecular weight excluding hydrogens is 136 g/mol. The van der Waals surface area contributed by atoms with Crippen LogP contribution in [0.3, 0.4) is 0 Å². The number of aliphatic hydroxyl groups is 3. The molecule has 0 amide bonds. The molecule has 0 spiro atoms.